The van der Waals surface area contributed by atoms with E-state index >= 15 is 0 Å². The molecule has 1 heterocycles. The second kappa shape index (κ2) is 9.21. The second-order valence-corrected chi connectivity index (χ2v) is 8.95. The van der Waals surface area contributed by atoms with Crippen LogP contribution in [-0.4, -0.2) is 41.9 Å². The van der Waals surface area contributed by atoms with Crippen molar-refractivity contribution in [3.05, 3.63) is 63.1 Å². The lowest BCUT2D eigenvalue weighted by Crippen LogP contribution is -2.49. The van der Waals surface area contributed by atoms with Crippen LogP contribution in [0.5, 0.6) is 0 Å². The summed E-state index contributed by atoms with van der Waals surface area (Å²) in [5, 5.41) is 5.00. The Kier molecular flexibility index (Phi) is 6.76. The highest BCUT2D eigenvalue weighted by Gasteiger charge is 2.37. The SMILES string of the molecule is CC(C)(C)NC(=O)NC(=O)COC(=O)c1ccc2c(c1)C(=O)N(c1ccc(Cl)c(Cl)c1)C2=O. The predicted octanol–water partition coefficient (Wildman–Crippen LogP) is 3.58. The number of benzene rings is 2. The number of hydrogen-bond acceptors (Lipinski definition) is 6. The summed E-state index contributed by atoms with van der Waals surface area (Å²) in [5.41, 5.74) is -0.280. The highest BCUT2D eigenvalue weighted by atomic mass is 35.5. The number of nitrogens with one attached hydrogen (secondary N) is 2. The fourth-order valence-corrected chi connectivity index (χ4v) is 3.27. The standard InChI is InChI=1S/C22H19Cl2N3O6/c1-22(2,3)26-21(32)25-17(28)10-33-20(31)11-4-6-13-14(8-11)19(30)27(18(13)29)12-5-7-15(23)16(24)9-12/h4-9H,10H2,1-3H3,(H2,25,26,28,32). The van der Waals surface area contributed by atoms with Crippen molar-refractivity contribution >= 4 is 58.6 Å². The Morgan fingerprint density at radius 2 is 1.61 bits per heavy atom. The number of urea groups is 1. The third-order valence-corrected chi connectivity index (χ3v) is 5.10. The van der Waals surface area contributed by atoms with E-state index in [1.165, 1.54) is 36.4 Å². The van der Waals surface area contributed by atoms with E-state index in [9.17, 15) is 24.0 Å². The van der Waals surface area contributed by atoms with Gasteiger partial charge in [-0.3, -0.25) is 19.7 Å². The summed E-state index contributed by atoms with van der Waals surface area (Å²) in [5.74, 6) is -2.97. The van der Waals surface area contributed by atoms with Crippen molar-refractivity contribution in [1.29, 1.82) is 0 Å². The number of carbonyl (C=O) groups is 5. The minimum absolute atomic E-state index is 0.00507. The topological polar surface area (TPSA) is 122 Å². The quantitative estimate of drug-likeness (QED) is 0.497. The molecular formula is C22H19Cl2N3O6. The molecular weight excluding hydrogens is 473 g/mol. The van der Waals surface area contributed by atoms with Gasteiger partial charge in [0.2, 0.25) is 0 Å². The van der Waals surface area contributed by atoms with E-state index in [2.05, 4.69) is 5.32 Å². The first-order valence-electron chi connectivity index (χ1n) is 9.64. The van der Waals surface area contributed by atoms with Gasteiger partial charge in [-0.15, -0.1) is 0 Å². The zero-order valence-electron chi connectivity index (χ0n) is 17.8. The lowest BCUT2D eigenvalue weighted by Gasteiger charge is -2.20. The highest BCUT2D eigenvalue weighted by Crippen LogP contribution is 2.33. The fraction of sp³-hybridized carbons (Fsp3) is 0.227. The summed E-state index contributed by atoms with van der Waals surface area (Å²) in [7, 11) is 0. The molecule has 2 aromatic carbocycles. The Hall–Kier alpha value is -3.43. The van der Waals surface area contributed by atoms with E-state index in [1.807, 2.05) is 5.32 Å². The number of hydrogen-bond donors (Lipinski definition) is 2. The van der Waals surface area contributed by atoms with Gasteiger partial charge in [-0.05, 0) is 57.2 Å². The second-order valence-electron chi connectivity index (χ2n) is 8.13. The van der Waals surface area contributed by atoms with Crippen LogP contribution in [0.2, 0.25) is 10.0 Å². The summed E-state index contributed by atoms with van der Waals surface area (Å²) in [6, 6.07) is 7.41. The zero-order valence-corrected chi connectivity index (χ0v) is 19.3. The molecule has 1 aliphatic heterocycles. The maximum Gasteiger partial charge on any atom is 0.338 e. The molecule has 3 rings (SSSR count). The Morgan fingerprint density at radius 1 is 0.939 bits per heavy atom. The summed E-state index contributed by atoms with van der Waals surface area (Å²) in [4.78, 5) is 62.4. The number of imide groups is 2. The van der Waals surface area contributed by atoms with Crippen molar-refractivity contribution in [2.24, 2.45) is 0 Å². The van der Waals surface area contributed by atoms with Gasteiger partial charge in [0.05, 0.1) is 32.4 Å². The van der Waals surface area contributed by atoms with Gasteiger partial charge >= 0.3 is 12.0 Å². The Bertz CT molecular complexity index is 1190. The molecule has 33 heavy (non-hydrogen) atoms. The van der Waals surface area contributed by atoms with E-state index in [4.69, 9.17) is 27.9 Å². The number of fused-ring (bicyclic) bond motifs is 1. The summed E-state index contributed by atoms with van der Waals surface area (Å²) < 4.78 is 4.91. The van der Waals surface area contributed by atoms with Crippen molar-refractivity contribution in [3.63, 3.8) is 0 Å². The molecule has 0 saturated heterocycles. The van der Waals surface area contributed by atoms with E-state index < -0.39 is 41.9 Å². The predicted molar refractivity (Wildman–Crippen MR) is 121 cm³/mol. The number of esters is 1. The molecule has 2 aromatic rings. The minimum Gasteiger partial charge on any atom is -0.452 e. The lowest BCUT2D eigenvalue weighted by atomic mass is 10.1. The van der Waals surface area contributed by atoms with Crippen LogP contribution in [0, 0.1) is 0 Å². The van der Waals surface area contributed by atoms with Crippen molar-refractivity contribution in [2.75, 3.05) is 11.5 Å². The average molecular weight is 492 g/mol. The van der Waals surface area contributed by atoms with Crippen LogP contribution in [0.15, 0.2) is 36.4 Å². The third kappa shape index (κ3) is 5.50. The highest BCUT2D eigenvalue weighted by molar-refractivity contribution is 6.42. The van der Waals surface area contributed by atoms with Crippen LogP contribution in [0.3, 0.4) is 0 Å². The number of carbonyl (C=O) groups excluding carboxylic acids is 5. The molecule has 0 fully saturated rings. The monoisotopic (exact) mass is 491 g/mol. The molecule has 0 radical (unpaired) electrons. The molecule has 0 atom stereocenters. The first kappa shape index (κ1) is 24.2. The third-order valence-electron chi connectivity index (χ3n) is 4.36. The van der Waals surface area contributed by atoms with Gasteiger partial charge in [0.15, 0.2) is 6.61 Å². The maximum absolute atomic E-state index is 12.8. The van der Waals surface area contributed by atoms with Gasteiger partial charge in [-0.25, -0.2) is 14.5 Å². The van der Waals surface area contributed by atoms with Crippen LogP contribution < -0.4 is 15.5 Å². The number of nitrogens with zero attached hydrogens (tertiary/aromatic N) is 1. The number of rotatable bonds is 4. The fourth-order valence-electron chi connectivity index (χ4n) is 2.98. The summed E-state index contributed by atoms with van der Waals surface area (Å²) >= 11 is 11.9. The molecule has 0 bridgehead atoms. The van der Waals surface area contributed by atoms with Crippen LogP contribution in [0.1, 0.15) is 51.8 Å². The van der Waals surface area contributed by atoms with Crippen LogP contribution in [-0.2, 0) is 9.53 Å². The van der Waals surface area contributed by atoms with E-state index in [0.717, 1.165) is 4.90 Å². The molecule has 5 amide bonds. The molecule has 0 aliphatic carbocycles. The van der Waals surface area contributed by atoms with E-state index in [0.29, 0.717) is 0 Å². The van der Waals surface area contributed by atoms with Crippen LogP contribution in [0.4, 0.5) is 10.5 Å². The zero-order chi connectivity index (χ0) is 24.5. The van der Waals surface area contributed by atoms with Crippen LogP contribution >= 0.6 is 23.2 Å². The lowest BCUT2D eigenvalue weighted by molar-refractivity contribution is -0.123. The van der Waals surface area contributed by atoms with Gasteiger partial charge in [0.25, 0.3) is 17.7 Å². The molecule has 2 N–H and O–H groups in total. The molecule has 0 unspecified atom stereocenters. The molecule has 11 heteroatoms. The first-order chi connectivity index (χ1) is 15.4. The number of halogens is 2. The smallest absolute Gasteiger partial charge is 0.338 e. The van der Waals surface area contributed by atoms with E-state index in [1.54, 1.807) is 20.8 Å². The number of amides is 5. The van der Waals surface area contributed by atoms with Crippen molar-refractivity contribution in [2.45, 2.75) is 26.3 Å². The Balaban J connectivity index is 1.69. The number of anilines is 1. The normalized spacial score (nSPS) is 12.9. The molecule has 0 aromatic heterocycles. The molecule has 172 valence electrons. The minimum atomic E-state index is -0.905. The summed E-state index contributed by atoms with van der Waals surface area (Å²) in [6.45, 7) is 4.49. The van der Waals surface area contributed by atoms with Gasteiger partial charge in [-0.1, -0.05) is 23.2 Å². The van der Waals surface area contributed by atoms with Gasteiger partial charge in [0.1, 0.15) is 0 Å². The largest absolute Gasteiger partial charge is 0.452 e. The maximum atomic E-state index is 12.8. The van der Waals surface area contributed by atoms with Gasteiger partial charge < -0.3 is 10.1 Å². The van der Waals surface area contributed by atoms with Crippen LogP contribution in [0.25, 0.3) is 0 Å². The molecule has 1 aliphatic rings. The van der Waals surface area contributed by atoms with Crippen molar-refractivity contribution in [1.82, 2.24) is 10.6 Å². The van der Waals surface area contributed by atoms with Gasteiger partial charge in [0, 0.05) is 5.54 Å². The first-order valence-corrected chi connectivity index (χ1v) is 10.4. The van der Waals surface area contributed by atoms with Crippen molar-refractivity contribution in [3.8, 4) is 0 Å². The Morgan fingerprint density at radius 3 is 2.24 bits per heavy atom. The molecule has 9 nitrogen and oxygen atoms in total. The number of ether oxygens (including phenoxy) is 1. The average Bonchev–Trinajstić information content (AvgIpc) is 2.96. The molecule has 0 spiro atoms. The Labute approximate surface area is 199 Å². The van der Waals surface area contributed by atoms with E-state index in [-0.39, 0.29) is 32.4 Å². The summed E-state index contributed by atoms with van der Waals surface area (Å²) in [6.07, 6.45) is 0. The van der Waals surface area contributed by atoms with Gasteiger partial charge in [-0.2, -0.15) is 0 Å². The van der Waals surface area contributed by atoms with Crippen molar-refractivity contribution < 1.29 is 28.7 Å². The molecule has 0 saturated carbocycles.